The highest BCUT2D eigenvalue weighted by molar-refractivity contribution is 8.00. The van der Waals surface area contributed by atoms with Gasteiger partial charge in [-0.15, -0.1) is 11.8 Å². The molecule has 0 bridgehead atoms. The number of hydrogen-bond acceptors (Lipinski definition) is 2. The zero-order valence-corrected chi connectivity index (χ0v) is 17.3. The smallest absolute Gasteiger partial charge is 0.245 e. The van der Waals surface area contributed by atoms with Crippen LogP contribution < -0.4 is 4.90 Å². The van der Waals surface area contributed by atoms with Crippen LogP contribution in [0.1, 0.15) is 24.5 Å². The van der Waals surface area contributed by atoms with E-state index in [-0.39, 0.29) is 11.2 Å². The first kappa shape index (κ1) is 19.1. The molecule has 0 spiro atoms. The van der Waals surface area contributed by atoms with E-state index < -0.39 is 0 Å². The zero-order valence-electron chi connectivity index (χ0n) is 15.8. The van der Waals surface area contributed by atoms with Crippen molar-refractivity contribution in [3.63, 3.8) is 0 Å². The van der Waals surface area contributed by atoms with E-state index in [0.29, 0.717) is 5.02 Å². The summed E-state index contributed by atoms with van der Waals surface area (Å²) in [6.07, 6.45) is 2.64. The largest absolute Gasteiger partial charge is 0.280 e. The molecule has 0 aliphatic carbocycles. The van der Waals surface area contributed by atoms with Gasteiger partial charge in [0.15, 0.2) is 0 Å². The lowest BCUT2D eigenvalue weighted by Crippen LogP contribution is -2.34. The molecule has 4 heteroatoms. The van der Waals surface area contributed by atoms with Gasteiger partial charge in [-0.25, -0.2) is 0 Å². The Bertz CT molecular complexity index is 938. The minimum absolute atomic E-state index is 0.129. The normalized spacial score (nSPS) is 14.0. The number of hydrogen-bond donors (Lipinski definition) is 0. The molecule has 142 valence electrons. The van der Waals surface area contributed by atoms with Crippen molar-refractivity contribution in [3.8, 4) is 0 Å². The van der Waals surface area contributed by atoms with E-state index in [2.05, 4.69) is 43.3 Å². The number of rotatable bonds is 4. The minimum atomic E-state index is -0.166. The monoisotopic (exact) mass is 407 g/mol. The van der Waals surface area contributed by atoms with Crippen LogP contribution in [0.25, 0.3) is 0 Å². The molecule has 1 amide bonds. The zero-order chi connectivity index (χ0) is 19.5. The third-order valence-corrected chi connectivity index (χ3v) is 6.70. The molecule has 3 aromatic rings. The second kappa shape index (κ2) is 8.42. The fraction of sp³-hybridized carbons (Fsp3) is 0.208. The van der Waals surface area contributed by atoms with Crippen LogP contribution >= 0.6 is 23.4 Å². The van der Waals surface area contributed by atoms with Crippen LogP contribution in [0.2, 0.25) is 5.02 Å². The van der Waals surface area contributed by atoms with Gasteiger partial charge in [0.1, 0.15) is 0 Å². The molecule has 0 N–H and O–H groups in total. The van der Waals surface area contributed by atoms with Gasteiger partial charge >= 0.3 is 0 Å². The Morgan fingerprint density at radius 1 is 0.929 bits per heavy atom. The molecular weight excluding hydrogens is 386 g/mol. The highest BCUT2D eigenvalue weighted by Gasteiger charge is 2.30. The summed E-state index contributed by atoms with van der Waals surface area (Å²) in [6.45, 7) is 2.07. The third kappa shape index (κ3) is 3.82. The quantitative estimate of drug-likeness (QED) is 0.450. The van der Waals surface area contributed by atoms with Crippen LogP contribution in [0, 0.1) is 0 Å². The highest BCUT2D eigenvalue weighted by Crippen LogP contribution is 2.38. The van der Waals surface area contributed by atoms with Crippen molar-refractivity contribution >= 4 is 40.6 Å². The lowest BCUT2D eigenvalue weighted by Gasteiger charge is -2.28. The molecule has 1 aliphatic heterocycles. The molecule has 1 unspecified atom stereocenters. The van der Waals surface area contributed by atoms with E-state index in [1.54, 1.807) is 11.8 Å². The number of para-hydroxylation sites is 2. The summed E-state index contributed by atoms with van der Waals surface area (Å²) in [5.41, 5.74) is 4.46. The SMILES string of the molecule is CCC(Sc1ccc(Cl)cc1)C(=O)N1c2ccccc2CCc2ccccc21. The number of halogens is 1. The predicted octanol–water partition coefficient (Wildman–Crippen LogP) is 6.67. The van der Waals surface area contributed by atoms with E-state index in [1.165, 1.54) is 11.1 Å². The first-order valence-electron chi connectivity index (χ1n) is 9.59. The van der Waals surface area contributed by atoms with Gasteiger partial charge in [0.25, 0.3) is 0 Å². The van der Waals surface area contributed by atoms with Crippen molar-refractivity contribution in [3.05, 3.63) is 88.9 Å². The number of thioether (sulfide) groups is 1. The Balaban J connectivity index is 1.73. The maximum atomic E-state index is 13.8. The fourth-order valence-electron chi connectivity index (χ4n) is 3.65. The van der Waals surface area contributed by atoms with Crippen molar-refractivity contribution in [2.75, 3.05) is 4.90 Å². The number of anilines is 2. The Hall–Kier alpha value is -2.23. The Kier molecular flexibility index (Phi) is 5.74. The van der Waals surface area contributed by atoms with Gasteiger partial charge in [-0.2, -0.15) is 0 Å². The average Bonchev–Trinajstić information content (AvgIpc) is 2.90. The van der Waals surface area contributed by atoms with Crippen LogP contribution in [0.4, 0.5) is 11.4 Å². The fourth-order valence-corrected chi connectivity index (χ4v) is 4.77. The summed E-state index contributed by atoms with van der Waals surface area (Å²) in [6, 6.07) is 24.2. The number of carbonyl (C=O) groups is 1. The van der Waals surface area contributed by atoms with E-state index >= 15 is 0 Å². The van der Waals surface area contributed by atoms with Crippen molar-refractivity contribution in [1.29, 1.82) is 0 Å². The van der Waals surface area contributed by atoms with Crippen LogP contribution in [0.5, 0.6) is 0 Å². The highest BCUT2D eigenvalue weighted by atomic mass is 35.5. The number of amides is 1. The van der Waals surface area contributed by atoms with Gasteiger partial charge in [0.05, 0.1) is 16.6 Å². The summed E-state index contributed by atoms with van der Waals surface area (Å²) in [5.74, 6) is 0.129. The minimum Gasteiger partial charge on any atom is -0.280 e. The molecule has 2 nitrogen and oxygen atoms in total. The van der Waals surface area contributed by atoms with E-state index in [1.807, 2.05) is 41.3 Å². The number of nitrogens with zero attached hydrogens (tertiary/aromatic N) is 1. The van der Waals surface area contributed by atoms with Gasteiger partial charge in [-0.3, -0.25) is 9.69 Å². The van der Waals surface area contributed by atoms with Gasteiger partial charge in [-0.05, 0) is 66.8 Å². The van der Waals surface area contributed by atoms with Crippen LogP contribution in [-0.2, 0) is 17.6 Å². The van der Waals surface area contributed by atoms with Gasteiger partial charge in [-0.1, -0.05) is 54.9 Å². The lowest BCUT2D eigenvalue weighted by molar-refractivity contribution is -0.117. The Morgan fingerprint density at radius 3 is 2.00 bits per heavy atom. The number of carbonyl (C=O) groups excluding carboxylic acids is 1. The molecule has 3 aromatic carbocycles. The van der Waals surface area contributed by atoms with Gasteiger partial charge < -0.3 is 0 Å². The first-order chi connectivity index (χ1) is 13.7. The Labute approximate surface area is 175 Å². The second-order valence-electron chi connectivity index (χ2n) is 6.90. The number of fused-ring (bicyclic) bond motifs is 2. The topological polar surface area (TPSA) is 20.3 Å². The maximum absolute atomic E-state index is 13.8. The maximum Gasteiger partial charge on any atom is 0.245 e. The lowest BCUT2D eigenvalue weighted by atomic mass is 10.0. The van der Waals surface area contributed by atoms with E-state index in [9.17, 15) is 4.79 Å². The molecule has 0 radical (unpaired) electrons. The van der Waals surface area contributed by atoms with Crippen molar-refractivity contribution in [1.82, 2.24) is 0 Å². The van der Waals surface area contributed by atoms with Crippen molar-refractivity contribution < 1.29 is 4.79 Å². The number of benzene rings is 3. The summed E-state index contributed by atoms with van der Waals surface area (Å²) in [7, 11) is 0. The predicted molar refractivity (Wildman–Crippen MR) is 119 cm³/mol. The van der Waals surface area contributed by atoms with E-state index in [0.717, 1.165) is 35.5 Å². The summed E-state index contributed by atoms with van der Waals surface area (Å²) < 4.78 is 0. The van der Waals surface area contributed by atoms with Crippen LogP contribution in [-0.4, -0.2) is 11.2 Å². The standard InChI is InChI=1S/C24H22ClNOS/c1-2-23(28-20-15-13-19(25)14-16-20)24(27)26-21-9-5-3-7-17(21)11-12-18-8-4-6-10-22(18)26/h3-10,13-16,23H,2,11-12H2,1H3. The second-order valence-corrected chi connectivity index (χ2v) is 8.61. The van der Waals surface area contributed by atoms with Gasteiger partial charge in [0, 0.05) is 9.92 Å². The average molecular weight is 408 g/mol. The van der Waals surface area contributed by atoms with Crippen LogP contribution in [0.3, 0.4) is 0 Å². The molecule has 0 saturated heterocycles. The summed E-state index contributed by atoms with van der Waals surface area (Å²) in [5, 5.41) is 0.541. The van der Waals surface area contributed by atoms with E-state index in [4.69, 9.17) is 11.6 Å². The van der Waals surface area contributed by atoms with Crippen molar-refractivity contribution in [2.45, 2.75) is 36.3 Å². The summed E-state index contributed by atoms with van der Waals surface area (Å²) in [4.78, 5) is 16.8. The number of aryl methyl sites for hydroxylation is 2. The molecule has 4 rings (SSSR count). The third-order valence-electron chi connectivity index (χ3n) is 5.09. The molecular formula is C24H22ClNOS. The molecule has 0 aromatic heterocycles. The molecule has 1 heterocycles. The molecule has 28 heavy (non-hydrogen) atoms. The molecule has 0 fully saturated rings. The first-order valence-corrected chi connectivity index (χ1v) is 10.8. The summed E-state index contributed by atoms with van der Waals surface area (Å²) >= 11 is 7.62. The molecule has 0 saturated carbocycles. The van der Waals surface area contributed by atoms with Gasteiger partial charge in [0.2, 0.25) is 5.91 Å². The molecule has 1 atom stereocenters. The molecule has 1 aliphatic rings. The van der Waals surface area contributed by atoms with Crippen LogP contribution in [0.15, 0.2) is 77.7 Å². The Morgan fingerprint density at radius 2 is 1.46 bits per heavy atom. The van der Waals surface area contributed by atoms with Crippen molar-refractivity contribution in [2.24, 2.45) is 0 Å².